The average molecular weight is 459 g/mol. The summed E-state index contributed by atoms with van der Waals surface area (Å²) in [5.41, 5.74) is 1.24. The molecule has 1 aromatic rings. The van der Waals surface area contributed by atoms with Gasteiger partial charge >= 0.3 is 0 Å². The van der Waals surface area contributed by atoms with Crippen molar-refractivity contribution in [2.45, 2.75) is 26.0 Å². The Balaban J connectivity index is 1.31. The molecular formula is C27H26N2O5. The van der Waals surface area contributed by atoms with E-state index in [1.807, 2.05) is 0 Å². The van der Waals surface area contributed by atoms with Gasteiger partial charge in [0.25, 0.3) is 0 Å². The van der Waals surface area contributed by atoms with Crippen molar-refractivity contribution in [2.75, 3.05) is 16.9 Å². The largest absolute Gasteiger partial charge is 0.361 e. The topological polar surface area (TPSA) is 84.0 Å². The average Bonchev–Trinajstić information content (AvgIpc) is 3.64. The van der Waals surface area contributed by atoms with E-state index in [0.29, 0.717) is 22.9 Å². The van der Waals surface area contributed by atoms with E-state index in [0.717, 1.165) is 12.8 Å². The van der Waals surface area contributed by atoms with E-state index in [2.05, 4.69) is 24.3 Å². The molecule has 7 heteroatoms. The lowest BCUT2D eigenvalue weighted by Crippen LogP contribution is -2.39. The smallest absolute Gasteiger partial charge is 0.238 e. The van der Waals surface area contributed by atoms with Crippen LogP contribution in [0, 0.1) is 47.3 Å². The summed E-state index contributed by atoms with van der Waals surface area (Å²) in [6.45, 7) is 1.45. The second kappa shape index (κ2) is 6.75. The summed E-state index contributed by atoms with van der Waals surface area (Å²) in [5, 5.41) is 0. The fourth-order valence-corrected chi connectivity index (χ4v) is 7.82. The molecule has 2 aliphatic heterocycles. The monoisotopic (exact) mass is 458 g/mol. The molecule has 2 saturated heterocycles. The number of Topliss-reactive ketones (excluding diaryl/α,β-unsaturated/α-hetero) is 1. The lowest BCUT2D eigenvalue weighted by Gasteiger charge is -2.29. The van der Waals surface area contributed by atoms with Gasteiger partial charge in [-0.05, 0) is 61.6 Å². The third kappa shape index (κ3) is 2.40. The van der Waals surface area contributed by atoms with Crippen LogP contribution in [0.25, 0.3) is 0 Å². The number of fused-ring (bicyclic) bond motifs is 10. The van der Waals surface area contributed by atoms with E-state index in [9.17, 15) is 19.2 Å². The van der Waals surface area contributed by atoms with Gasteiger partial charge in [-0.1, -0.05) is 24.3 Å². The molecule has 1 aromatic carbocycles. The molecule has 9 atom stereocenters. The zero-order valence-corrected chi connectivity index (χ0v) is 19.1. The fourth-order valence-electron chi connectivity index (χ4n) is 7.82. The van der Waals surface area contributed by atoms with Gasteiger partial charge in [0.2, 0.25) is 17.7 Å². The number of nitrogens with zero attached hydrogens (tertiary/aromatic N) is 2. The zero-order valence-electron chi connectivity index (χ0n) is 19.1. The summed E-state index contributed by atoms with van der Waals surface area (Å²) in [4.78, 5) is 55.8. The summed E-state index contributed by atoms with van der Waals surface area (Å²) in [5.74, 6) is -0.611. The molecule has 7 rings (SSSR count). The molecule has 7 nitrogen and oxygen atoms in total. The van der Waals surface area contributed by atoms with E-state index in [4.69, 9.17) is 4.74 Å². The van der Waals surface area contributed by atoms with Crippen LogP contribution >= 0.6 is 0 Å². The summed E-state index contributed by atoms with van der Waals surface area (Å²) in [6, 6.07) is 4.99. The van der Waals surface area contributed by atoms with Crippen molar-refractivity contribution in [3.8, 4) is 0 Å². The second-order valence-corrected chi connectivity index (χ2v) is 10.7. The third-order valence-corrected chi connectivity index (χ3v) is 9.18. The Morgan fingerprint density at radius 1 is 0.794 bits per heavy atom. The minimum absolute atomic E-state index is 0.0152. The van der Waals surface area contributed by atoms with Crippen LogP contribution in [0.2, 0.25) is 0 Å². The van der Waals surface area contributed by atoms with Crippen LogP contribution in [0.15, 0.2) is 42.5 Å². The number of carbonyl (C=O) groups is 4. The second-order valence-electron chi connectivity index (χ2n) is 10.7. The minimum Gasteiger partial charge on any atom is -0.361 e. The highest BCUT2D eigenvalue weighted by molar-refractivity contribution is 6.23. The van der Waals surface area contributed by atoms with Crippen molar-refractivity contribution in [2.24, 2.45) is 47.3 Å². The van der Waals surface area contributed by atoms with E-state index in [-0.39, 0.29) is 64.9 Å². The lowest BCUT2D eigenvalue weighted by molar-refractivity contribution is -0.123. The number of anilines is 2. The number of hydrogen-bond donors (Lipinski definition) is 0. The molecule has 3 amide bonds. The number of imide groups is 1. The standard InChI is InChI=1S/C27H26N2O5/c1-12(30)17-9-18(28-24(31)20-13-3-4-14(7-13)21(20)25(28)32)11-19(10-17)29-26(33)22-15-5-6-16(8-15)23(22)27(29)34-2/h3-6,9-11,13-16,20-23,27H,7-8H2,1-2H3/t13?,14?,15?,16?,20-,21+,22-,23+,27?/m0/s1. The van der Waals surface area contributed by atoms with E-state index in [1.54, 1.807) is 30.2 Å². The number of hydrogen-bond acceptors (Lipinski definition) is 5. The fraction of sp³-hybridized carbons (Fsp3) is 0.481. The van der Waals surface area contributed by atoms with Gasteiger partial charge in [0.05, 0.1) is 23.4 Å². The van der Waals surface area contributed by atoms with Crippen molar-refractivity contribution in [1.29, 1.82) is 0 Å². The molecule has 0 N–H and O–H groups in total. The first kappa shape index (κ1) is 20.3. The number of carbonyl (C=O) groups excluding carboxylic acids is 4. The number of amides is 3. The van der Waals surface area contributed by atoms with Crippen molar-refractivity contribution in [3.63, 3.8) is 0 Å². The van der Waals surface area contributed by atoms with Gasteiger partial charge in [-0.3, -0.25) is 24.1 Å². The van der Waals surface area contributed by atoms with Gasteiger partial charge < -0.3 is 4.74 Å². The Morgan fingerprint density at radius 3 is 1.97 bits per heavy atom. The number of ketones is 1. The van der Waals surface area contributed by atoms with Gasteiger partial charge in [-0.25, -0.2) is 4.90 Å². The highest BCUT2D eigenvalue weighted by atomic mass is 16.5. The van der Waals surface area contributed by atoms with Gasteiger partial charge in [-0.15, -0.1) is 0 Å². The number of rotatable bonds is 4. The van der Waals surface area contributed by atoms with Crippen LogP contribution in [0.5, 0.6) is 0 Å². The quantitative estimate of drug-likeness (QED) is 0.394. The Morgan fingerprint density at radius 2 is 1.35 bits per heavy atom. The highest BCUT2D eigenvalue weighted by Crippen LogP contribution is 2.56. The molecule has 4 fully saturated rings. The van der Waals surface area contributed by atoms with Gasteiger partial charge in [-0.2, -0.15) is 0 Å². The lowest BCUT2D eigenvalue weighted by atomic mass is 9.85. The van der Waals surface area contributed by atoms with Crippen molar-refractivity contribution in [1.82, 2.24) is 0 Å². The number of benzene rings is 1. The Labute approximate surface area is 197 Å². The van der Waals surface area contributed by atoms with Crippen LogP contribution in [0.3, 0.4) is 0 Å². The maximum absolute atomic E-state index is 13.6. The third-order valence-electron chi connectivity index (χ3n) is 9.18. The van der Waals surface area contributed by atoms with Crippen LogP contribution in [0.1, 0.15) is 30.1 Å². The molecule has 0 radical (unpaired) electrons. The van der Waals surface area contributed by atoms with Crippen molar-refractivity contribution < 1.29 is 23.9 Å². The summed E-state index contributed by atoms with van der Waals surface area (Å²) >= 11 is 0. The predicted molar refractivity (Wildman–Crippen MR) is 123 cm³/mol. The Kier molecular flexibility index (Phi) is 4.04. The molecule has 4 bridgehead atoms. The number of ether oxygens (including phenoxy) is 1. The van der Waals surface area contributed by atoms with Crippen LogP contribution in [-0.4, -0.2) is 36.8 Å². The Hall–Kier alpha value is -3.06. The molecule has 4 aliphatic carbocycles. The van der Waals surface area contributed by atoms with Crippen LogP contribution in [0.4, 0.5) is 11.4 Å². The Bertz CT molecular complexity index is 1200. The molecule has 6 aliphatic rings. The van der Waals surface area contributed by atoms with Crippen LogP contribution in [-0.2, 0) is 19.1 Å². The first-order chi connectivity index (χ1) is 16.4. The van der Waals surface area contributed by atoms with Crippen molar-refractivity contribution >= 4 is 34.9 Å². The van der Waals surface area contributed by atoms with Gasteiger partial charge in [0.15, 0.2) is 5.78 Å². The summed E-state index contributed by atoms with van der Waals surface area (Å²) in [7, 11) is 1.61. The first-order valence-electron chi connectivity index (χ1n) is 12.2. The molecule has 34 heavy (non-hydrogen) atoms. The van der Waals surface area contributed by atoms with Gasteiger partial charge in [0, 0.05) is 24.3 Å². The SMILES string of the molecule is COC1[C@@H]2C3C=CC(C3)[C@@H]2C(=O)N1c1cc(C(C)=O)cc(N2C(=O)[C@@H]3C4C=CC(C4)[C@@H]3C2=O)c1. The normalized spacial score (nSPS) is 40.8. The number of methoxy groups -OCH3 is 1. The van der Waals surface area contributed by atoms with Crippen LogP contribution < -0.4 is 9.80 Å². The van der Waals surface area contributed by atoms with E-state index < -0.39 is 6.23 Å². The minimum atomic E-state index is -0.447. The zero-order chi connectivity index (χ0) is 23.5. The van der Waals surface area contributed by atoms with E-state index in [1.165, 1.54) is 11.8 Å². The molecular weight excluding hydrogens is 432 g/mol. The maximum atomic E-state index is 13.6. The summed E-state index contributed by atoms with van der Waals surface area (Å²) in [6.07, 6.45) is 9.84. The first-order valence-corrected chi connectivity index (χ1v) is 12.2. The summed E-state index contributed by atoms with van der Waals surface area (Å²) < 4.78 is 5.85. The molecule has 2 heterocycles. The molecule has 174 valence electrons. The molecule has 5 unspecified atom stereocenters. The molecule has 0 spiro atoms. The predicted octanol–water partition coefficient (Wildman–Crippen LogP) is 2.96. The van der Waals surface area contributed by atoms with Crippen molar-refractivity contribution in [3.05, 3.63) is 48.1 Å². The molecule has 2 saturated carbocycles. The van der Waals surface area contributed by atoms with E-state index >= 15 is 0 Å². The van der Waals surface area contributed by atoms with Gasteiger partial charge in [0.1, 0.15) is 6.23 Å². The highest BCUT2D eigenvalue weighted by Gasteiger charge is 2.61. The maximum Gasteiger partial charge on any atom is 0.238 e. The molecule has 0 aromatic heterocycles. The number of allylic oxidation sites excluding steroid dienone is 4.